The normalized spacial score (nSPS) is 20.0. The molecule has 21 heavy (non-hydrogen) atoms. The minimum atomic E-state index is -0.523. The van der Waals surface area contributed by atoms with Gasteiger partial charge in [-0.05, 0) is 33.8 Å². The molecule has 0 bridgehead atoms. The second-order valence-electron chi connectivity index (χ2n) is 6.13. The van der Waals surface area contributed by atoms with E-state index in [1.165, 1.54) is 18.3 Å². The minimum absolute atomic E-state index is 0.353. The number of hydrogen-bond donors (Lipinski definition) is 1. The van der Waals surface area contributed by atoms with E-state index < -0.39 is 18.3 Å². The molecule has 2 aromatic heterocycles. The molecular formula is C14H17BFN3O2. The van der Waals surface area contributed by atoms with Gasteiger partial charge in [-0.15, -0.1) is 0 Å². The lowest BCUT2D eigenvalue weighted by atomic mass is 9.86. The third kappa shape index (κ3) is 2.47. The van der Waals surface area contributed by atoms with E-state index in [1.54, 1.807) is 6.20 Å². The Morgan fingerprint density at radius 1 is 1.14 bits per heavy atom. The Morgan fingerprint density at radius 3 is 2.43 bits per heavy atom. The van der Waals surface area contributed by atoms with E-state index in [-0.39, 0.29) is 5.82 Å². The maximum Gasteiger partial charge on any atom is 0.513 e. The average molecular weight is 289 g/mol. The molecule has 1 saturated heterocycles. The SMILES string of the molecule is CC1(C)OB(c2cnc(-c3cc(F)ccn3)[nH]2)OC1(C)C. The zero-order valence-corrected chi connectivity index (χ0v) is 12.5. The molecule has 1 aliphatic rings. The summed E-state index contributed by atoms with van der Waals surface area (Å²) >= 11 is 0. The molecule has 3 heterocycles. The molecule has 110 valence electrons. The number of hydrogen-bond acceptors (Lipinski definition) is 4. The first-order chi connectivity index (χ1) is 9.78. The van der Waals surface area contributed by atoms with Crippen molar-refractivity contribution in [2.45, 2.75) is 38.9 Å². The molecule has 0 atom stereocenters. The highest BCUT2D eigenvalue weighted by molar-refractivity contribution is 6.61. The molecular weight excluding hydrogens is 272 g/mol. The molecule has 2 aromatic rings. The van der Waals surface area contributed by atoms with Crippen LogP contribution in [0.25, 0.3) is 11.5 Å². The molecule has 3 rings (SSSR count). The lowest BCUT2D eigenvalue weighted by molar-refractivity contribution is 0.00578. The number of rotatable bonds is 2. The average Bonchev–Trinajstić information content (AvgIpc) is 2.93. The van der Waals surface area contributed by atoms with Crippen LogP contribution in [0.15, 0.2) is 24.5 Å². The standard InChI is InChI=1S/C14H17BFN3O2/c1-13(2)14(3,4)21-15(20-13)11-8-18-12(19-11)10-7-9(16)5-6-17-10/h5-8H,1-4H3,(H,18,19). The van der Waals surface area contributed by atoms with Crippen LogP contribution < -0.4 is 5.59 Å². The maximum absolute atomic E-state index is 13.2. The smallest absolute Gasteiger partial charge is 0.398 e. The Bertz CT molecular complexity index is 656. The van der Waals surface area contributed by atoms with Gasteiger partial charge in [0, 0.05) is 18.5 Å². The van der Waals surface area contributed by atoms with Gasteiger partial charge in [-0.3, -0.25) is 4.98 Å². The zero-order chi connectivity index (χ0) is 15.3. The van der Waals surface area contributed by atoms with Crippen LogP contribution in [0.4, 0.5) is 4.39 Å². The number of pyridine rings is 1. The minimum Gasteiger partial charge on any atom is -0.398 e. The molecule has 0 amide bonds. The fourth-order valence-corrected chi connectivity index (χ4v) is 2.09. The first-order valence-corrected chi connectivity index (χ1v) is 6.81. The van der Waals surface area contributed by atoms with Gasteiger partial charge in [-0.2, -0.15) is 0 Å². The Morgan fingerprint density at radius 2 is 1.81 bits per heavy atom. The van der Waals surface area contributed by atoms with Gasteiger partial charge in [0.1, 0.15) is 11.5 Å². The Balaban J connectivity index is 1.87. The predicted octanol–water partition coefficient (Wildman–Crippen LogP) is 1.91. The number of halogens is 1. The molecule has 0 spiro atoms. The molecule has 7 heteroatoms. The highest BCUT2D eigenvalue weighted by Crippen LogP contribution is 2.36. The first kappa shape index (κ1) is 14.2. The summed E-state index contributed by atoms with van der Waals surface area (Å²) in [5.41, 5.74) is 0.299. The number of imidazole rings is 1. The van der Waals surface area contributed by atoms with Gasteiger partial charge in [0.25, 0.3) is 0 Å². The summed E-state index contributed by atoms with van der Waals surface area (Å²) in [4.78, 5) is 11.4. The zero-order valence-electron chi connectivity index (χ0n) is 12.5. The molecule has 1 aliphatic heterocycles. The third-order valence-corrected chi connectivity index (χ3v) is 4.07. The molecule has 0 aliphatic carbocycles. The Labute approximate surface area is 123 Å². The topological polar surface area (TPSA) is 60.0 Å². The van der Waals surface area contributed by atoms with Gasteiger partial charge in [0.05, 0.1) is 16.8 Å². The molecule has 5 nitrogen and oxygen atoms in total. The number of aromatic nitrogens is 3. The largest absolute Gasteiger partial charge is 0.513 e. The third-order valence-electron chi connectivity index (χ3n) is 4.07. The van der Waals surface area contributed by atoms with Gasteiger partial charge in [-0.1, -0.05) is 0 Å². The highest BCUT2D eigenvalue weighted by Gasteiger charge is 2.52. The fourth-order valence-electron chi connectivity index (χ4n) is 2.09. The van der Waals surface area contributed by atoms with E-state index in [1.807, 2.05) is 27.7 Å². The monoisotopic (exact) mass is 289 g/mol. The molecule has 0 unspecified atom stereocenters. The van der Waals surface area contributed by atoms with Crippen LogP contribution >= 0.6 is 0 Å². The van der Waals surface area contributed by atoms with E-state index in [9.17, 15) is 4.39 Å². The summed E-state index contributed by atoms with van der Waals surface area (Å²) in [5.74, 6) is 0.132. The quantitative estimate of drug-likeness (QED) is 0.858. The molecule has 0 radical (unpaired) electrons. The van der Waals surface area contributed by atoms with Crippen LogP contribution in [-0.2, 0) is 9.31 Å². The second-order valence-corrected chi connectivity index (χ2v) is 6.13. The summed E-state index contributed by atoms with van der Waals surface area (Å²) in [5, 5.41) is 0. The van der Waals surface area contributed by atoms with Crippen molar-refractivity contribution in [3.8, 4) is 11.5 Å². The summed E-state index contributed by atoms with van der Waals surface area (Å²) in [6, 6.07) is 2.62. The summed E-state index contributed by atoms with van der Waals surface area (Å²) in [6.07, 6.45) is 3.03. The van der Waals surface area contributed by atoms with Crippen LogP contribution in [0.2, 0.25) is 0 Å². The number of nitrogens with one attached hydrogen (secondary N) is 1. The van der Waals surface area contributed by atoms with E-state index in [2.05, 4.69) is 15.0 Å². The number of nitrogens with zero attached hydrogens (tertiary/aromatic N) is 2. The van der Waals surface area contributed by atoms with Gasteiger partial charge < -0.3 is 14.3 Å². The van der Waals surface area contributed by atoms with E-state index in [0.29, 0.717) is 17.1 Å². The Hall–Kier alpha value is -1.73. The number of aromatic amines is 1. The van der Waals surface area contributed by atoms with Gasteiger partial charge in [-0.25, -0.2) is 9.37 Å². The fraction of sp³-hybridized carbons (Fsp3) is 0.429. The predicted molar refractivity (Wildman–Crippen MR) is 77.5 cm³/mol. The summed E-state index contributed by atoms with van der Waals surface area (Å²) < 4.78 is 25.1. The molecule has 1 N–H and O–H groups in total. The van der Waals surface area contributed by atoms with Crippen molar-refractivity contribution >= 4 is 12.7 Å². The van der Waals surface area contributed by atoms with Crippen molar-refractivity contribution in [2.24, 2.45) is 0 Å². The van der Waals surface area contributed by atoms with Crippen LogP contribution in [0.5, 0.6) is 0 Å². The van der Waals surface area contributed by atoms with E-state index in [0.717, 1.165) is 0 Å². The molecule has 0 aromatic carbocycles. The van der Waals surface area contributed by atoms with Gasteiger partial charge in [0.15, 0.2) is 5.82 Å². The maximum atomic E-state index is 13.2. The van der Waals surface area contributed by atoms with Crippen molar-refractivity contribution in [1.29, 1.82) is 0 Å². The van der Waals surface area contributed by atoms with Gasteiger partial charge in [0.2, 0.25) is 0 Å². The van der Waals surface area contributed by atoms with E-state index in [4.69, 9.17) is 9.31 Å². The van der Waals surface area contributed by atoms with Crippen LogP contribution in [0, 0.1) is 5.82 Å². The Kier molecular flexibility index (Phi) is 3.14. The lowest BCUT2D eigenvalue weighted by Gasteiger charge is -2.32. The number of H-pyrrole nitrogens is 1. The van der Waals surface area contributed by atoms with Crippen LogP contribution in [-0.4, -0.2) is 33.3 Å². The van der Waals surface area contributed by atoms with Crippen molar-refractivity contribution in [3.63, 3.8) is 0 Å². The van der Waals surface area contributed by atoms with Crippen molar-refractivity contribution in [3.05, 3.63) is 30.3 Å². The van der Waals surface area contributed by atoms with Crippen molar-refractivity contribution in [2.75, 3.05) is 0 Å². The molecule has 1 fully saturated rings. The van der Waals surface area contributed by atoms with Crippen LogP contribution in [0.1, 0.15) is 27.7 Å². The second kappa shape index (κ2) is 4.64. The van der Waals surface area contributed by atoms with Gasteiger partial charge >= 0.3 is 7.12 Å². The summed E-state index contributed by atoms with van der Waals surface area (Å²) in [6.45, 7) is 7.94. The highest BCUT2D eigenvalue weighted by atomic mass is 19.1. The van der Waals surface area contributed by atoms with Crippen molar-refractivity contribution < 1.29 is 13.7 Å². The molecule has 0 saturated carbocycles. The van der Waals surface area contributed by atoms with E-state index >= 15 is 0 Å². The van der Waals surface area contributed by atoms with Crippen LogP contribution in [0.3, 0.4) is 0 Å². The summed E-state index contributed by atoms with van der Waals surface area (Å²) in [7, 11) is -0.523. The first-order valence-electron chi connectivity index (χ1n) is 6.81. The van der Waals surface area contributed by atoms with Crippen molar-refractivity contribution in [1.82, 2.24) is 15.0 Å². The lowest BCUT2D eigenvalue weighted by Crippen LogP contribution is -2.41.